The van der Waals surface area contributed by atoms with Crippen molar-refractivity contribution in [1.29, 1.82) is 0 Å². The highest BCUT2D eigenvalue weighted by Crippen LogP contribution is 2.30. The van der Waals surface area contributed by atoms with E-state index >= 15 is 0 Å². The number of aliphatic hydroxyl groups is 1. The minimum absolute atomic E-state index is 0.0269. The highest BCUT2D eigenvalue weighted by Gasteiger charge is 2.08. The second kappa shape index (κ2) is 9.91. The van der Waals surface area contributed by atoms with Gasteiger partial charge in [0.25, 0.3) is 0 Å². The van der Waals surface area contributed by atoms with Gasteiger partial charge >= 0.3 is 0 Å². The van der Waals surface area contributed by atoms with Crippen molar-refractivity contribution in [2.24, 2.45) is 0 Å². The van der Waals surface area contributed by atoms with Gasteiger partial charge in [0, 0.05) is 24.2 Å². The fourth-order valence-corrected chi connectivity index (χ4v) is 2.55. The Balaban J connectivity index is 1.52. The Hall–Kier alpha value is -2.61. The number of anilines is 1. The van der Waals surface area contributed by atoms with E-state index in [1.165, 1.54) is 0 Å². The molecule has 2 heterocycles. The second-order valence-corrected chi connectivity index (χ2v) is 5.79. The molecule has 0 unspecified atom stereocenters. The van der Waals surface area contributed by atoms with Crippen molar-refractivity contribution in [2.45, 2.75) is 0 Å². The summed E-state index contributed by atoms with van der Waals surface area (Å²) in [7, 11) is 1.83. The van der Waals surface area contributed by atoms with E-state index in [2.05, 4.69) is 10.3 Å². The van der Waals surface area contributed by atoms with Crippen LogP contribution in [0.15, 0.2) is 47.0 Å². The fraction of sp³-hybridized carbons (Fsp3) is 0.350. The van der Waals surface area contributed by atoms with E-state index in [9.17, 15) is 0 Å². The highest BCUT2D eigenvalue weighted by molar-refractivity contribution is 5.84. The number of furan rings is 1. The summed E-state index contributed by atoms with van der Waals surface area (Å²) in [5, 5.41) is 12.6. The number of rotatable bonds is 11. The molecule has 0 bridgehead atoms. The topological polar surface area (TPSA) is 86.0 Å². The second-order valence-electron chi connectivity index (χ2n) is 5.79. The van der Waals surface area contributed by atoms with Crippen LogP contribution in [0.5, 0.6) is 5.75 Å². The highest BCUT2D eigenvalue weighted by atomic mass is 16.5. The minimum atomic E-state index is 0.0269. The zero-order valence-corrected chi connectivity index (χ0v) is 15.3. The van der Waals surface area contributed by atoms with Gasteiger partial charge in [0.2, 0.25) is 0 Å². The Bertz CT molecular complexity index is 832. The van der Waals surface area contributed by atoms with Crippen molar-refractivity contribution in [3.8, 4) is 17.1 Å². The van der Waals surface area contributed by atoms with Crippen LogP contribution in [0.2, 0.25) is 0 Å². The summed E-state index contributed by atoms with van der Waals surface area (Å²) in [6.45, 7) is 2.23. The van der Waals surface area contributed by atoms with Crippen LogP contribution in [-0.2, 0) is 9.47 Å². The number of aromatic nitrogens is 1. The van der Waals surface area contributed by atoms with Gasteiger partial charge in [0.1, 0.15) is 29.5 Å². The lowest BCUT2D eigenvalue weighted by molar-refractivity contribution is 0.0247. The molecule has 2 aromatic heterocycles. The maximum atomic E-state index is 8.60. The molecule has 0 saturated heterocycles. The van der Waals surface area contributed by atoms with Crippen molar-refractivity contribution in [2.75, 3.05) is 52.0 Å². The zero-order chi connectivity index (χ0) is 18.9. The summed E-state index contributed by atoms with van der Waals surface area (Å²) in [4.78, 5) is 4.31. The van der Waals surface area contributed by atoms with Crippen LogP contribution < -0.4 is 10.1 Å². The Kier molecular flexibility index (Phi) is 7.04. The Labute approximate surface area is 157 Å². The quantitative estimate of drug-likeness (QED) is 0.501. The molecule has 0 spiro atoms. The third-order valence-electron chi connectivity index (χ3n) is 3.90. The van der Waals surface area contributed by atoms with Crippen molar-refractivity contribution in [1.82, 2.24) is 4.98 Å². The van der Waals surface area contributed by atoms with Gasteiger partial charge in [0.05, 0.1) is 33.0 Å². The van der Waals surface area contributed by atoms with E-state index in [4.69, 9.17) is 23.7 Å². The number of hydrogen-bond acceptors (Lipinski definition) is 7. The molecule has 7 heteroatoms. The predicted octanol–water partition coefficient (Wildman–Crippen LogP) is 2.94. The number of nitrogens with one attached hydrogen (secondary N) is 1. The van der Waals surface area contributed by atoms with Gasteiger partial charge in [-0.2, -0.15) is 0 Å². The molecule has 0 aliphatic heterocycles. The van der Waals surface area contributed by atoms with Gasteiger partial charge in [-0.3, -0.25) is 0 Å². The molecule has 0 fully saturated rings. The lowest BCUT2D eigenvalue weighted by atomic mass is 10.2. The molecule has 7 nitrogen and oxygen atoms in total. The molecule has 27 heavy (non-hydrogen) atoms. The van der Waals surface area contributed by atoms with E-state index in [0.29, 0.717) is 33.0 Å². The number of fused-ring (bicyclic) bond motifs is 1. The summed E-state index contributed by atoms with van der Waals surface area (Å²) in [6.07, 6.45) is 1.78. The summed E-state index contributed by atoms with van der Waals surface area (Å²) in [5.74, 6) is 2.34. The molecule has 144 valence electrons. The largest absolute Gasteiger partial charge is 0.491 e. The summed E-state index contributed by atoms with van der Waals surface area (Å²) in [6, 6.07) is 11.6. The number of aliphatic hydroxyl groups excluding tert-OH is 1. The van der Waals surface area contributed by atoms with Gasteiger partial charge in [-0.15, -0.1) is 0 Å². The van der Waals surface area contributed by atoms with Crippen LogP contribution in [0.25, 0.3) is 22.3 Å². The first-order valence-corrected chi connectivity index (χ1v) is 8.87. The van der Waals surface area contributed by atoms with Crippen LogP contribution >= 0.6 is 0 Å². The molecule has 0 aliphatic rings. The minimum Gasteiger partial charge on any atom is -0.491 e. The fourth-order valence-electron chi connectivity index (χ4n) is 2.55. The molecule has 0 amide bonds. The third kappa shape index (κ3) is 5.43. The molecular weight excluding hydrogens is 348 g/mol. The summed E-state index contributed by atoms with van der Waals surface area (Å²) < 4.78 is 22.1. The molecule has 1 aromatic carbocycles. The normalized spacial score (nSPS) is 11.0. The molecule has 0 aliphatic carbocycles. The Morgan fingerprint density at radius 3 is 2.56 bits per heavy atom. The van der Waals surface area contributed by atoms with Crippen molar-refractivity contribution >= 4 is 16.8 Å². The predicted molar refractivity (Wildman–Crippen MR) is 103 cm³/mol. The number of pyridine rings is 1. The summed E-state index contributed by atoms with van der Waals surface area (Å²) >= 11 is 0. The van der Waals surface area contributed by atoms with E-state index in [1.807, 2.05) is 43.4 Å². The van der Waals surface area contributed by atoms with Crippen LogP contribution in [0.1, 0.15) is 0 Å². The van der Waals surface area contributed by atoms with Crippen LogP contribution in [-0.4, -0.2) is 56.8 Å². The smallest absolute Gasteiger partial charge is 0.136 e. The molecule has 0 radical (unpaired) electrons. The van der Waals surface area contributed by atoms with Crippen molar-refractivity contribution in [3.05, 3.63) is 42.6 Å². The van der Waals surface area contributed by atoms with Gasteiger partial charge in [-0.25, -0.2) is 4.98 Å². The average Bonchev–Trinajstić information content (AvgIpc) is 3.13. The van der Waals surface area contributed by atoms with Gasteiger partial charge < -0.3 is 29.1 Å². The van der Waals surface area contributed by atoms with Crippen molar-refractivity contribution < 1.29 is 23.7 Å². The average molecular weight is 372 g/mol. The van der Waals surface area contributed by atoms with Gasteiger partial charge in [0.15, 0.2) is 0 Å². The van der Waals surface area contributed by atoms with Crippen LogP contribution in [0.3, 0.4) is 0 Å². The molecule has 3 aromatic rings. The first-order chi connectivity index (χ1) is 13.3. The Morgan fingerprint density at radius 1 is 1.00 bits per heavy atom. The van der Waals surface area contributed by atoms with Crippen LogP contribution in [0.4, 0.5) is 5.82 Å². The van der Waals surface area contributed by atoms with E-state index in [1.54, 1.807) is 6.20 Å². The molecule has 0 saturated carbocycles. The third-order valence-corrected chi connectivity index (χ3v) is 3.90. The maximum absolute atomic E-state index is 8.60. The number of nitrogens with zero attached hydrogens (tertiary/aromatic N) is 1. The van der Waals surface area contributed by atoms with Gasteiger partial charge in [-0.05, 0) is 36.4 Å². The SMILES string of the molecule is CNc1ccc(-c2cc3cc(OCCOCCOCCO)ccc3o2)cn1. The van der Waals surface area contributed by atoms with E-state index in [-0.39, 0.29) is 6.61 Å². The molecule has 0 atom stereocenters. The van der Waals surface area contributed by atoms with E-state index in [0.717, 1.165) is 33.9 Å². The Morgan fingerprint density at radius 2 is 1.81 bits per heavy atom. The van der Waals surface area contributed by atoms with E-state index < -0.39 is 0 Å². The monoisotopic (exact) mass is 372 g/mol. The van der Waals surface area contributed by atoms with Gasteiger partial charge in [-0.1, -0.05) is 0 Å². The first kappa shape index (κ1) is 19.2. The number of benzene rings is 1. The first-order valence-electron chi connectivity index (χ1n) is 8.87. The molecular formula is C20H24N2O5. The summed E-state index contributed by atoms with van der Waals surface area (Å²) in [5.41, 5.74) is 1.72. The van der Waals surface area contributed by atoms with Crippen LogP contribution in [0, 0.1) is 0 Å². The molecule has 3 rings (SSSR count). The number of hydrogen-bond donors (Lipinski definition) is 2. The lowest BCUT2D eigenvalue weighted by Crippen LogP contribution is -2.11. The standard InChI is InChI=1S/C20H24N2O5/c1-21-20-5-2-15(14-22-20)19-13-16-12-17(3-4-18(16)27-19)26-11-10-25-9-8-24-7-6-23/h2-5,12-14,23H,6-11H2,1H3,(H,21,22). The lowest BCUT2D eigenvalue weighted by Gasteiger charge is -2.07. The molecule has 2 N–H and O–H groups in total. The van der Waals surface area contributed by atoms with Crippen molar-refractivity contribution in [3.63, 3.8) is 0 Å². The maximum Gasteiger partial charge on any atom is 0.136 e. The number of ether oxygens (including phenoxy) is 3. The zero-order valence-electron chi connectivity index (χ0n) is 15.3.